The van der Waals surface area contributed by atoms with Gasteiger partial charge in [0.05, 0.1) is 0 Å². The van der Waals surface area contributed by atoms with Gasteiger partial charge in [0, 0.05) is 12.5 Å². The predicted molar refractivity (Wildman–Crippen MR) is 64.0 cm³/mol. The van der Waals surface area contributed by atoms with Crippen LogP contribution in [0.4, 0.5) is 0 Å². The maximum Gasteiger partial charge on any atom is 0.160 e. The van der Waals surface area contributed by atoms with Gasteiger partial charge in [-0.15, -0.1) is 0 Å². The SMILES string of the molecule is CC(C)CCCCCOCC(=O)C(C)C. The van der Waals surface area contributed by atoms with Crippen molar-refractivity contribution in [1.29, 1.82) is 0 Å². The molecule has 0 spiro atoms. The molecule has 0 saturated heterocycles. The van der Waals surface area contributed by atoms with E-state index in [4.69, 9.17) is 4.74 Å². The van der Waals surface area contributed by atoms with Crippen molar-refractivity contribution in [3.8, 4) is 0 Å². The van der Waals surface area contributed by atoms with Gasteiger partial charge in [0.2, 0.25) is 0 Å². The van der Waals surface area contributed by atoms with Crippen LogP contribution in [0.2, 0.25) is 0 Å². The lowest BCUT2D eigenvalue weighted by Gasteiger charge is -2.06. The first-order valence-corrected chi connectivity index (χ1v) is 6.14. The third kappa shape index (κ3) is 9.92. The van der Waals surface area contributed by atoms with Crippen molar-refractivity contribution in [2.75, 3.05) is 13.2 Å². The van der Waals surface area contributed by atoms with Crippen molar-refractivity contribution in [3.63, 3.8) is 0 Å². The molecule has 0 bridgehead atoms. The number of Topliss-reactive ketones (excluding diaryl/α,β-unsaturated/α-hetero) is 1. The third-order valence-electron chi connectivity index (χ3n) is 2.46. The average Bonchev–Trinajstić information content (AvgIpc) is 2.15. The molecule has 0 amide bonds. The summed E-state index contributed by atoms with van der Waals surface area (Å²) < 4.78 is 5.31. The van der Waals surface area contributed by atoms with Crippen LogP contribution in [0.3, 0.4) is 0 Å². The van der Waals surface area contributed by atoms with Crippen molar-refractivity contribution in [3.05, 3.63) is 0 Å². The van der Waals surface area contributed by atoms with Crippen molar-refractivity contribution >= 4 is 5.78 Å². The minimum Gasteiger partial charge on any atom is -0.374 e. The molecule has 0 aromatic heterocycles. The Morgan fingerprint density at radius 2 is 1.73 bits per heavy atom. The predicted octanol–water partition coefficient (Wildman–Crippen LogP) is 3.44. The highest BCUT2D eigenvalue weighted by Gasteiger charge is 2.06. The highest BCUT2D eigenvalue weighted by atomic mass is 16.5. The van der Waals surface area contributed by atoms with Gasteiger partial charge >= 0.3 is 0 Å². The monoisotopic (exact) mass is 214 g/mol. The van der Waals surface area contributed by atoms with Gasteiger partial charge in [0.1, 0.15) is 6.61 Å². The Morgan fingerprint density at radius 1 is 1.07 bits per heavy atom. The third-order valence-corrected chi connectivity index (χ3v) is 2.46. The van der Waals surface area contributed by atoms with Crippen LogP contribution in [0.1, 0.15) is 53.4 Å². The van der Waals surface area contributed by atoms with Crippen LogP contribution in [-0.2, 0) is 9.53 Å². The van der Waals surface area contributed by atoms with Gasteiger partial charge in [0.25, 0.3) is 0 Å². The first-order chi connectivity index (χ1) is 7.04. The molecule has 0 saturated carbocycles. The molecule has 90 valence electrons. The summed E-state index contributed by atoms with van der Waals surface area (Å²) in [5, 5.41) is 0. The first-order valence-electron chi connectivity index (χ1n) is 6.14. The number of rotatable bonds is 9. The van der Waals surface area contributed by atoms with E-state index in [0.29, 0.717) is 6.61 Å². The van der Waals surface area contributed by atoms with Crippen molar-refractivity contribution < 1.29 is 9.53 Å². The van der Waals surface area contributed by atoms with Gasteiger partial charge in [-0.05, 0) is 12.3 Å². The number of carbonyl (C=O) groups excluding carboxylic acids is 1. The molecule has 0 aliphatic rings. The summed E-state index contributed by atoms with van der Waals surface area (Å²) in [6.07, 6.45) is 4.87. The van der Waals surface area contributed by atoms with Gasteiger partial charge in [-0.3, -0.25) is 4.79 Å². The maximum absolute atomic E-state index is 11.2. The van der Waals surface area contributed by atoms with Crippen LogP contribution >= 0.6 is 0 Å². The van der Waals surface area contributed by atoms with Crippen molar-refractivity contribution in [1.82, 2.24) is 0 Å². The summed E-state index contributed by atoms with van der Waals surface area (Å²) in [6.45, 7) is 9.34. The molecule has 0 heterocycles. The zero-order valence-corrected chi connectivity index (χ0v) is 10.7. The Kier molecular flexibility index (Phi) is 8.68. The topological polar surface area (TPSA) is 26.3 Å². The molecule has 2 heteroatoms. The molecule has 2 nitrogen and oxygen atoms in total. The largest absolute Gasteiger partial charge is 0.374 e. The first kappa shape index (κ1) is 14.6. The summed E-state index contributed by atoms with van der Waals surface area (Å²) in [6, 6.07) is 0. The van der Waals surface area contributed by atoms with Crippen molar-refractivity contribution in [2.45, 2.75) is 53.4 Å². The fourth-order valence-electron chi connectivity index (χ4n) is 1.27. The quantitative estimate of drug-likeness (QED) is 0.550. The van der Waals surface area contributed by atoms with Crippen LogP contribution in [-0.4, -0.2) is 19.0 Å². The summed E-state index contributed by atoms with van der Waals surface area (Å²) in [5.74, 6) is 1.11. The van der Waals surface area contributed by atoms with Crippen LogP contribution < -0.4 is 0 Å². The lowest BCUT2D eigenvalue weighted by molar-refractivity contribution is -0.126. The lowest BCUT2D eigenvalue weighted by Crippen LogP contribution is -2.15. The Bertz CT molecular complexity index is 162. The molecule has 0 radical (unpaired) electrons. The molecule has 0 rings (SSSR count). The minimum absolute atomic E-state index is 0.103. The normalized spacial score (nSPS) is 11.3. The van der Waals surface area contributed by atoms with Gasteiger partial charge in [-0.25, -0.2) is 0 Å². The molecular weight excluding hydrogens is 188 g/mol. The fraction of sp³-hybridized carbons (Fsp3) is 0.923. The van der Waals surface area contributed by atoms with E-state index in [0.717, 1.165) is 18.9 Å². The number of hydrogen-bond donors (Lipinski definition) is 0. The van der Waals surface area contributed by atoms with Crippen LogP contribution in [0.15, 0.2) is 0 Å². The van der Waals surface area contributed by atoms with Gasteiger partial charge in [0.15, 0.2) is 5.78 Å². The lowest BCUT2D eigenvalue weighted by atomic mass is 10.1. The van der Waals surface area contributed by atoms with E-state index in [9.17, 15) is 4.79 Å². The number of hydrogen-bond acceptors (Lipinski definition) is 2. The van der Waals surface area contributed by atoms with E-state index in [1.165, 1.54) is 19.3 Å². The second-order valence-corrected chi connectivity index (χ2v) is 4.92. The molecular formula is C13H26O2. The number of carbonyl (C=O) groups is 1. The van der Waals surface area contributed by atoms with Crippen LogP contribution in [0, 0.1) is 11.8 Å². The Hall–Kier alpha value is -0.370. The summed E-state index contributed by atoms with van der Waals surface area (Å²) >= 11 is 0. The fourth-order valence-corrected chi connectivity index (χ4v) is 1.27. The molecule has 0 aromatic rings. The Labute approximate surface area is 94.4 Å². The van der Waals surface area contributed by atoms with Crippen molar-refractivity contribution in [2.24, 2.45) is 11.8 Å². The molecule has 0 unspecified atom stereocenters. The highest BCUT2D eigenvalue weighted by molar-refractivity contribution is 5.81. The molecule has 0 atom stereocenters. The van der Waals surface area contributed by atoms with Gasteiger partial charge in [-0.1, -0.05) is 47.0 Å². The summed E-state index contributed by atoms with van der Waals surface area (Å²) in [4.78, 5) is 11.2. The molecule has 0 fully saturated rings. The van der Waals surface area contributed by atoms with Crippen LogP contribution in [0.25, 0.3) is 0 Å². The standard InChI is InChI=1S/C13H26O2/c1-11(2)8-6-5-7-9-15-10-13(14)12(3)4/h11-12H,5-10H2,1-4H3. The van der Waals surface area contributed by atoms with Crippen LogP contribution in [0.5, 0.6) is 0 Å². The molecule has 0 aliphatic heterocycles. The maximum atomic E-state index is 11.2. The van der Waals surface area contributed by atoms with E-state index in [-0.39, 0.29) is 11.7 Å². The summed E-state index contributed by atoms with van der Waals surface area (Å²) in [5.41, 5.74) is 0. The Balaban J connectivity index is 3.15. The van der Waals surface area contributed by atoms with E-state index >= 15 is 0 Å². The van der Waals surface area contributed by atoms with Gasteiger partial charge in [-0.2, -0.15) is 0 Å². The van der Waals surface area contributed by atoms with E-state index in [2.05, 4.69) is 13.8 Å². The Morgan fingerprint density at radius 3 is 2.27 bits per heavy atom. The second kappa shape index (κ2) is 8.90. The zero-order chi connectivity index (χ0) is 11.7. The average molecular weight is 214 g/mol. The van der Waals surface area contributed by atoms with E-state index in [1.54, 1.807) is 0 Å². The number of ketones is 1. The molecule has 0 aliphatic carbocycles. The molecule has 0 N–H and O–H groups in total. The molecule has 15 heavy (non-hydrogen) atoms. The van der Waals surface area contributed by atoms with Gasteiger partial charge < -0.3 is 4.74 Å². The number of ether oxygens (including phenoxy) is 1. The van der Waals surface area contributed by atoms with E-state index in [1.807, 2.05) is 13.8 Å². The summed E-state index contributed by atoms with van der Waals surface area (Å²) in [7, 11) is 0. The smallest absolute Gasteiger partial charge is 0.160 e. The van der Waals surface area contributed by atoms with E-state index < -0.39 is 0 Å². The zero-order valence-electron chi connectivity index (χ0n) is 10.7. The molecule has 0 aromatic carbocycles. The second-order valence-electron chi connectivity index (χ2n) is 4.92. The number of unbranched alkanes of at least 4 members (excludes halogenated alkanes) is 2. The highest BCUT2D eigenvalue weighted by Crippen LogP contribution is 2.07. The minimum atomic E-state index is 0.103.